The van der Waals surface area contributed by atoms with Crippen molar-refractivity contribution in [3.63, 3.8) is 0 Å². The Hall–Kier alpha value is -0.460. The Morgan fingerprint density at radius 3 is 1.23 bits per heavy atom. The highest BCUT2D eigenvalue weighted by Crippen LogP contribution is 2.19. The fourth-order valence-corrected chi connectivity index (χ4v) is 0.585. The molecule has 0 spiro atoms. The first-order chi connectivity index (χ1) is 5.71. The quantitative estimate of drug-likeness (QED) is 0.554. The minimum atomic E-state index is -4.31. The Morgan fingerprint density at radius 2 is 1.00 bits per heavy atom. The standard InChI is InChI=1S/C6H9F6N/c7-5(8,9)1-3-13-4-2-6(10,11)12/h13H,1-4H2. The molecular weight excluding hydrogens is 200 g/mol. The Morgan fingerprint density at radius 1 is 0.692 bits per heavy atom. The van der Waals surface area contributed by atoms with Crippen molar-refractivity contribution in [2.45, 2.75) is 25.2 Å². The van der Waals surface area contributed by atoms with Gasteiger partial charge in [0.25, 0.3) is 0 Å². The summed E-state index contributed by atoms with van der Waals surface area (Å²) in [5.41, 5.74) is 0. The summed E-state index contributed by atoms with van der Waals surface area (Å²) >= 11 is 0. The maximum Gasteiger partial charge on any atom is 0.390 e. The Kier molecular flexibility index (Phi) is 4.52. The van der Waals surface area contributed by atoms with E-state index in [1.165, 1.54) is 0 Å². The monoisotopic (exact) mass is 209 g/mol. The molecule has 0 fully saturated rings. The smallest absolute Gasteiger partial charge is 0.316 e. The first-order valence-electron chi connectivity index (χ1n) is 3.55. The molecule has 1 nitrogen and oxygen atoms in total. The van der Waals surface area contributed by atoms with Crippen LogP contribution in [0.15, 0.2) is 0 Å². The lowest BCUT2D eigenvalue weighted by Crippen LogP contribution is -2.25. The summed E-state index contributed by atoms with van der Waals surface area (Å²) in [6.45, 7) is -0.945. The topological polar surface area (TPSA) is 12.0 Å². The lowest BCUT2D eigenvalue weighted by atomic mass is 10.4. The Bertz CT molecular complexity index is 121. The molecule has 0 saturated heterocycles. The summed E-state index contributed by atoms with van der Waals surface area (Å²) in [6.07, 6.45) is -10.8. The average Bonchev–Trinajstić information content (AvgIpc) is 1.81. The largest absolute Gasteiger partial charge is 0.390 e. The highest BCUT2D eigenvalue weighted by atomic mass is 19.4. The van der Waals surface area contributed by atoms with E-state index in [2.05, 4.69) is 5.32 Å². The molecule has 0 unspecified atom stereocenters. The van der Waals surface area contributed by atoms with Crippen molar-refractivity contribution in [3.05, 3.63) is 0 Å². The number of nitrogens with one attached hydrogen (secondary N) is 1. The van der Waals surface area contributed by atoms with E-state index < -0.39 is 38.3 Å². The molecule has 0 saturated carbocycles. The van der Waals surface area contributed by atoms with Crippen LogP contribution in [0, 0.1) is 0 Å². The lowest BCUT2D eigenvalue weighted by molar-refractivity contribution is -0.137. The van der Waals surface area contributed by atoms with E-state index in [0.717, 1.165) is 0 Å². The summed E-state index contributed by atoms with van der Waals surface area (Å²) in [4.78, 5) is 0. The van der Waals surface area contributed by atoms with E-state index in [1.54, 1.807) is 0 Å². The molecule has 1 N–H and O–H groups in total. The molecule has 13 heavy (non-hydrogen) atoms. The van der Waals surface area contributed by atoms with Crippen molar-refractivity contribution in [1.29, 1.82) is 0 Å². The molecule has 0 aromatic carbocycles. The van der Waals surface area contributed by atoms with E-state index in [0.29, 0.717) is 0 Å². The van der Waals surface area contributed by atoms with Gasteiger partial charge >= 0.3 is 12.4 Å². The lowest BCUT2D eigenvalue weighted by Gasteiger charge is -2.08. The van der Waals surface area contributed by atoms with Crippen LogP contribution in [0.25, 0.3) is 0 Å². The molecule has 0 amide bonds. The Labute approximate surface area is 71.1 Å². The molecule has 0 aliphatic heterocycles. The molecule has 80 valence electrons. The van der Waals surface area contributed by atoms with Gasteiger partial charge in [0, 0.05) is 13.1 Å². The molecule has 0 aliphatic rings. The summed E-state index contributed by atoms with van der Waals surface area (Å²) in [5.74, 6) is 0. The van der Waals surface area contributed by atoms with Crippen molar-refractivity contribution in [2.24, 2.45) is 0 Å². The van der Waals surface area contributed by atoms with Gasteiger partial charge in [-0.2, -0.15) is 26.3 Å². The second-order valence-electron chi connectivity index (χ2n) is 2.48. The van der Waals surface area contributed by atoms with E-state index in [9.17, 15) is 26.3 Å². The van der Waals surface area contributed by atoms with Crippen LogP contribution in [0.1, 0.15) is 12.8 Å². The van der Waals surface area contributed by atoms with Gasteiger partial charge in [-0.05, 0) is 0 Å². The molecule has 0 aliphatic carbocycles. The predicted molar refractivity (Wildman–Crippen MR) is 34.2 cm³/mol. The second kappa shape index (κ2) is 4.69. The van der Waals surface area contributed by atoms with Crippen molar-refractivity contribution >= 4 is 0 Å². The van der Waals surface area contributed by atoms with Crippen LogP contribution >= 0.6 is 0 Å². The van der Waals surface area contributed by atoms with Crippen LogP contribution in [0.5, 0.6) is 0 Å². The van der Waals surface area contributed by atoms with Gasteiger partial charge in [-0.15, -0.1) is 0 Å². The van der Waals surface area contributed by atoms with Crippen LogP contribution < -0.4 is 5.32 Å². The number of hydrogen-bond donors (Lipinski definition) is 1. The number of halogens is 6. The predicted octanol–water partition coefficient (Wildman–Crippen LogP) is 2.48. The molecule has 0 rings (SSSR count). The third-order valence-corrected chi connectivity index (χ3v) is 1.17. The SMILES string of the molecule is FC(F)(F)CCNCCC(F)(F)F. The summed E-state index contributed by atoms with van der Waals surface area (Å²) in [6, 6.07) is 0. The van der Waals surface area contributed by atoms with Crippen molar-refractivity contribution in [2.75, 3.05) is 13.1 Å². The van der Waals surface area contributed by atoms with Gasteiger partial charge in [-0.1, -0.05) is 0 Å². The van der Waals surface area contributed by atoms with E-state index in [-0.39, 0.29) is 0 Å². The normalized spacial score (nSPS) is 13.4. The van der Waals surface area contributed by atoms with Crippen LogP contribution in [0.3, 0.4) is 0 Å². The van der Waals surface area contributed by atoms with Crippen LogP contribution in [-0.4, -0.2) is 25.4 Å². The van der Waals surface area contributed by atoms with Crippen molar-refractivity contribution in [1.82, 2.24) is 5.32 Å². The molecule has 0 bridgehead atoms. The van der Waals surface area contributed by atoms with Crippen LogP contribution in [0.4, 0.5) is 26.3 Å². The fourth-order valence-electron chi connectivity index (χ4n) is 0.585. The second-order valence-corrected chi connectivity index (χ2v) is 2.48. The van der Waals surface area contributed by atoms with E-state index in [1.807, 2.05) is 0 Å². The zero-order valence-corrected chi connectivity index (χ0v) is 6.60. The zero-order valence-electron chi connectivity index (χ0n) is 6.60. The van der Waals surface area contributed by atoms with Gasteiger partial charge in [0.1, 0.15) is 0 Å². The minimum absolute atomic E-state index is 0.473. The summed E-state index contributed by atoms with van der Waals surface area (Å²) in [5, 5.41) is 2.06. The van der Waals surface area contributed by atoms with Gasteiger partial charge in [0.05, 0.1) is 12.8 Å². The highest BCUT2D eigenvalue weighted by molar-refractivity contribution is 4.57. The number of hydrogen-bond acceptors (Lipinski definition) is 1. The minimum Gasteiger partial charge on any atom is -0.316 e. The molecule has 0 radical (unpaired) electrons. The van der Waals surface area contributed by atoms with E-state index in [4.69, 9.17) is 0 Å². The fraction of sp³-hybridized carbons (Fsp3) is 1.00. The molecular formula is C6H9F6N. The first kappa shape index (κ1) is 12.5. The van der Waals surface area contributed by atoms with Gasteiger partial charge in [0.15, 0.2) is 0 Å². The van der Waals surface area contributed by atoms with Gasteiger partial charge in [-0.25, -0.2) is 0 Å². The zero-order chi connectivity index (χ0) is 10.5. The Balaban J connectivity index is 3.28. The van der Waals surface area contributed by atoms with Crippen molar-refractivity contribution < 1.29 is 26.3 Å². The number of alkyl halides is 6. The highest BCUT2D eigenvalue weighted by Gasteiger charge is 2.28. The molecule has 0 aromatic heterocycles. The molecule has 7 heteroatoms. The molecule has 0 heterocycles. The maximum atomic E-state index is 11.5. The molecule has 0 atom stereocenters. The summed E-state index contributed by atoms with van der Waals surface area (Å²) in [7, 11) is 0. The van der Waals surface area contributed by atoms with Crippen LogP contribution in [0.2, 0.25) is 0 Å². The summed E-state index contributed by atoms with van der Waals surface area (Å²) < 4.78 is 68.7. The van der Waals surface area contributed by atoms with Gasteiger partial charge in [-0.3, -0.25) is 0 Å². The van der Waals surface area contributed by atoms with Gasteiger partial charge in [0.2, 0.25) is 0 Å². The van der Waals surface area contributed by atoms with E-state index >= 15 is 0 Å². The van der Waals surface area contributed by atoms with Crippen molar-refractivity contribution in [3.8, 4) is 0 Å². The maximum absolute atomic E-state index is 11.5. The van der Waals surface area contributed by atoms with Gasteiger partial charge < -0.3 is 5.32 Å². The first-order valence-corrected chi connectivity index (χ1v) is 3.55. The third-order valence-electron chi connectivity index (χ3n) is 1.17. The number of rotatable bonds is 4. The average molecular weight is 209 g/mol. The molecule has 0 aromatic rings. The van der Waals surface area contributed by atoms with Crippen LogP contribution in [-0.2, 0) is 0 Å². The third kappa shape index (κ3) is 11.5.